The van der Waals surface area contributed by atoms with Gasteiger partial charge in [-0.15, -0.1) is 35.3 Å². The van der Waals surface area contributed by atoms with Gasteiger partial charge in [0, 0.05) is 38.1 Å². The van der Waals surface area contributed by atoms with Crippen LogP contribution in [0.4, 0.5) is 0 Å². The Morgan fingerprint density at radius 1 is 1.42 bits per heavy atom. The van der Waals surface area contributed by atoms with Crippen molar-refractivity contribution in [3.8, 4) is 0 Å². The number of guanidine groups is 1. The van der Waals surface area contributed by atoms with E-state index in [-0.39, 0.29) is 24.0 Å². The molecular formula is C18H34IN5OS. The molecule has 0 bridgehead atoms. The van der Waals surface area contributed by atoms with Gasteiger partial charge >= 0.3 is 0 Å². The summed E-state index contributed by atoms with van der Waals surface area (Å²) >= 11 is 1.73. The molecule has 8 heteroatoms. The lowest BCUT2D eigenvalue weighted by Crippen LogP contribution is -2.49. The molecule has 1 aromatic rings. The Morgan fingerprint density at radius 2 is 2.15 bits per heavy atom. The number of halogens is 1. The Morgan fingerprint density at radius 3 is 2.73 bits per heavy atom. The number of piperidine rings is 1. The molecule has 0 aliphatic carbocycles. The van der Waals surface area contributed by atoms with Crippen molar-refractivity contribution in [3.63, 3.8) is 0 Å². The zero-order valence-corrected chi connectivity index (χ0v) is 19.6. The van der Waals surface area contributed by atoms with Crippen LogP contribution < -0.4 is 10.6 Å². The zero-order chi connectivity index (χ0) is 18.1. The number of thiazole rings is 1. The van der Waals surface area contributed by atoms with Crippen molar-refractivity contribution in [2.45, 2.75) is 58.7 Å². The van der Waals surface area contributed by atoms with Crippen LogP contribution >= 0.6 is 35.3 Å². The minimum atomic E-state index is 0. The predicted molar refractivity (Wildman–Crippen MR) is 121 cm³/mol. The number of ether oxygens (including phenoxy) is 1. The van der Waals surface area contributed by atoms with Gasteiger partial charge in [0.15, 0.2) is 5.96 Å². The molecule has 1 aromatic heterocycles. The number of aromatic nitrogens is 1. The first kappa shape index (κ1) is 23.6. The molecule has 1 aliphatic rings. The van der Waals surface area contributed by atoms with E-state index in [1.165, 1.54) is 5.01 Å². The fourth-order valence-corrected chi connectivity index (χ4v) is 3.62. The van der Waals surface area contributed by atoms with Crippen LogP contribution in [0, 0.1) is 0 Å². The first-order chi connectivity index (χ1) is 12.1. The maximum Gasteiger partial charge on any atom is 0.191 e. The van der Waals surface area contributed by atoms with Gasteiger partial charge in [0.2, 0.25) is 0 Å². The van der Waals surface area contributed by atoms with Crippen LogP contribution in [0.2, 0.25) is 0 Å². The van der Waals surface area contributed by atoms with Crippen LogP contribution in [0.25, 0.3) is 0 Å². The van der Waals surface area contributed by atoms with Crippen molar-refractivity contribution in [1.82, 2.24) is 20.5 Å². The van der Waals surface area contributed by atoms with Crippen molar-refractivity contribution >= 4 is 41.3 Å². The van der Waals surface area contributed by atoms with E-state index in [1.807, 2.05) is 7.05 Å². The highest BCUT2D eigenvalue weighted by Gasteiger charge is 2.19. The fraction of sp³-hybridized carbons (Fsp3) is 0.778. The molecule has 26 heavy (non-hydrogen) atoms. The summed E-state index contributed by atoms with van der Waals surface area (Å²) < 4.78 is 5.65. The van der Waals surface area contributed by atoms with Crippen molar-refractivity contribution < 1.29 is 4.74 Å². The number of rotatable bonds is 8. The van der Waals surface area contributed by atoms with Gasteiger partial charge < -0.3 is 20.3 Å². The number of nitrogens with one attached hydrogen (secondary N) is 2. The molecular weight excluding hydrogens is 461 g/mol. The zero-order valence-electron chi connectivity index (χ0n) is 16.5. The molecule has 1 aliphatic heterocycles. The van der Waals surface area contributed by atoms with E-state index < -0.39 is 0 Å². The maximum absolute atomic E-state index is 5.65. The summed E-state index contributed by atoms with van der Waals surface area (Å²) in [7, 11) is 1.83. The van der Waals surface area contributed by atoms with Gasteiger partial charge in [-0.3, -0.25) is 4.99 Å². The molecule has 0 aromatic carbocycles. The van der Waals surface area contributed by atoms with E-state index in [2.05, 4.69) is 51.7 Å². The normalized spacial score (nSPS) is 16.6. The Bertz CT molecular complexity index is 529. The Labute approximate surface area is 179 Å². The van der Waals surface area contributed by atoms with Crippen LogP contribution in [0.1, 0.15) is 44.3 Å². The minimum absolute atomic E-state index is 0. The second kappa shape index (κ2) is 12.9. The van der Waals surface area contributed by atoms with Crippen LogP contribution in [-0.2, 0) is 17.7 Å². The quantitative estimate of drug-likeness (QED) is 0.330. The highest BCUT2D eigenvalue weighted by molar-refractivity contribution is 14.0. The third-order valence-corrected chi connectivity index (χ3v) is 5.39. The van der Waals surface area contributed by atoms with Crippen LogP contribution in [0.15, 0.2) is 10.4 Å². The Kier molecular flexibility index (Phi) is 11.7. The third kappa shape index (κ3) is 8.49. The van der Waals surface area contributed by atoms with Crippen LogP contribution in [-0.4, -0.2) is 61.3 Å². The summed E-state index contributed by atoms with van der Waals surface area (Å²) in [5.74, 6) is 0.868. The number of likely N-dealkylation sites (tertiary alicyclic amines) is 1. The highest BCUT2D eigenvalue weighted by atomic mass is 127. The van der Waals surface area contributed by atoms with Crippen molar-refractivity contribution in [2.24, 2.45) is 4.99 Å². The number of hydrogen-bond acceptors (Lipinski definition) is 5. The van der Waals surface area contributed by atoms with Gasteiger partial charge in [0.1, 0.15) is 0 Å². The summed E-state index contributed by atoms with van der Waals surface area (Å²) in [6, 6.07) is 0.482. The number of nitrogens with zero attached hydrogens (tertiary/aromatic N) is 3. The number of aryl methyl sites for hydroxylation is 1. The fourth-order valence-electron chi connectivity index (χ4n) is 2.87. The van der Waals surface area contributed by atoms with Crippen LogP contribution in [0.5, 0.6) is 0 Å². The van der Waals surface area contributed by atoms with E-state index in [9.17, 15) is 0 Å². The summed E-state index contributed by atoms with van der Waals surface area (Å²) in [6.45, 7) is 11.1. The Balaban J connectivity index is 0.00000338. The monoisotopic (exact) mass is 495 g/mol. The van der Waals surface area contributed by atoms with Crippen LogP contribution in [0.3, 0.4) is 0 Å². The summed E-state index contributed by atoms with van der Waals surface area (Å²) in [4.78, 5) is 11.4. The Hall–Kier alpha value is -0.450. The molecule has 0 saturated carbocycles. The number of hydrogen-bond donors (Lipinski definition) is 2. The molecule has 0 amide bonds. The van der Waals surface area contributed by atoms with Crippen molar-refractivity contribution in [2.75, 3.05) is 33.3 Å². The largest absolute Gasteiger partial charge is 0.377 e. The molecule has 0 radical (unpaired) electrons. The molecule has 1 fully saturated rings. The first-order valence-corrected chi connectivity index (χ1v) is 10.2. The molecule has 1 saturated heterocycles. The lowest BCUT2D eigenvalue weighted by molar-refractivity contribution is 0.0532. The lowest BCUT2D eigenvalue weighted by atomic mass is 10.1. The van der Waals surface area contributed by atoms with Crippen molar-refractivity contribution in [3.05, 3.63) is 16.1 Å². The first-order valence-electron chi connectivity index (χ1n) is 9.35. The van der Waals surface area contributed by atoms with E-state index in [0.717, 1.165) is 63.7 Å². The smallest absolute Gasteiger partial charge is 0.191 e. The minimum Gasteiger partial charge on any atom is -0.377 e. The molecule has 2 heterocycles. The molecule has 150 valence electrons. The summed E-state index contributed by atoms with van der Waals surface area (Å²) in [6.07, 6.45) is 3.59. The molecule has 0 atom stereocenters. The standard InChI is InChI=1S/C18H33N5OS.HI/c1-5-17-21-16(13-25-17)12-20-18(19-4)22-15-6-8-23(9-7-15)10-11-24-14(2)3;/h13-15H,5-12H2,1-4H3,(H2,19,20,22);1H. The number of aliphatic imine (C=N–C) groups is 1. The molecule has 0 unspecified atom stereocenters. The average molecular weight is 495 g/mol. The second-order valence-electron chi connectivity index (χ2n) is 6.69. The average Bonchev–Trinajstić information content (AvgIpc) is 3.07. The maximum atomic E-state index is 5.65. The van der Waals surface area contributed by atoms with E-state index in [0.29, 0.717) is 12.1 Å². The van der Waals surface area contributed by atoms with E-state index in [1.54, 1.807) is 11.3 Å². The summed E-state index contributed by atoms with van der Waals surface area (Å²) in [5, 5.41) is 10.2. The van der Waals surface area contributed by atoms with Gasteiger partial charge in [-0.2, -0.15) is 0 Å². The molecule has 2 rings (SSSR count). The molecule has 0 spiro atoms. The molecule has 6 nitrogen and oxygen atoms in total. The van der Waals surface area contributed by atoms with Gasteiger partial charge in [0.05, 0.1) is 30.0 Å². The van der Waals surface area contributed by atoms with E-state index >= 15 is 0 Å². The van der Waals surface area contributed by atoms with E-state index in [4.69, 9.17) is 4.74 Å². The third-order valence-electron chi connectivity index (χ3n) is 4.35. The van der Waals surface area contributed by atoms with Gasteiger partial charge in [-0.25, -0.2) is 4.98 Å². The topological polar surface area (TPSA) is 61.8 Å². The van der Waals surface area contributed by atoms with Gasteiger partial charge in [-0.1, -0.05) is 6.92 Å². The second-order valence-corrected chi connectivity index (χ2v) is 7.63. The lowest BCUT2D eigenvalue weighted by Gasteiger charge is -2.33. The van der Waals surface area contributed by atoms with Crippen molar-refractivity contribution in [1.29, 1.82) is 0 Å². The molecule has 2 N–H and O–H groups in total. The SMILES string of the molecule is CCc1nc(CNC(=NC)NC2CCN(CCOC(C)C)CC2)cs1.I. The highest BCUT2D eigenvalue weighted by Crippen LogP contribution is 2.11. The van der Waals surface area contributed by atoms with Gasteiger partial charge in [0.25, 0.3) is 0 Å². The summed E-state index contributed by atoms with van der Waals surface area (Å²) in [5.41, 5.74) is 1.09. The predicted octanol–water partition coefficient (Wildman–Crippen LogP) is 2.88. The van der Waals surface area contributed by atoms with Gasteiger partial charge in [-0.05, 0) is 33.1 Å².